The molecule has 1 aliphatic heterocycles. The van der Waals surface area contributed by atoms with Gasteiger partial charge in [0.2, 0.25) is 0 Å². The molecule has 1 unspecified atom stereocenters. The fourth-order valence-corrected chi connectivity index (χ4v) is 2.06. The minimum absolute atomic E-state index is 0.218. The van der Waals surface area contributed by atoms with Gasteiger partial charge in [-0.15, -0.1) is 0 Å². The topological polar surface area (TPSA) is 60.2 Å². The van der Waals surface area contributed by atoms with Crippen molar-refractivity contribution >= 4 is 0 Å². The van der Waals surface area contributed by atoms with Crippen LogP contribution in [-0.4, -0.2) is 29.3 Å². The largest absolute Gasteiger partial charge is 0.488 e. The van der Waals surface area contributed by atoms with Crippen molar-refractivity contribution in [1.29, 1.82) is 0 Å². The molecule has 1 saturated heterocycles. The summed E-state index contributed by atoms with van der Waals surface area (Å²) in [5.41, 5.74) is 0.852. The maximum atomic E-state index is 5.98. The number of nitrogens with zero attached hydrogens (tertiary/aromatic N) is 2. The smallest absolute Gasteiger partial charge is 0.261 e. The highest BCUT2D eigenvalue weighted by Crippen LogP contribution is 2.29. The van der Waals surface area contributed by atoms with Gasteiger partial charge in [-0.3, -0.25) is 0 Å². The van der Waals surface area contributed by atoms with E-state index in [1.54, 1.807) is 6.92 Å². The molecule has 0 spiro atoms. The molecule has 1 aliphatic rings. The van der Waals surface area contributed by atoms with Crippen LogP contribution in [0.2, 0.25) is 0 Å². The summed E-state index contributed by atoms with van der Waals surface area (Å²) in [4.78, 5) is 4.24. The van der Waals surface area contributed by atoms with Gasteiger partial charge >= 0.3 is 0 Å². The first-order chi connectivity index (χ1) is 8.83. The predicted molar refractivity (Wildman–Crippen MR) is 66.4 cm³/mol. The summed E-state index contributed by atoms with van der Waals surface area (Å²) in [5.74, 6) is 1.94. The van der Waals surface area contributed by atoms with E-state index in [0.717, 1.165) is 30.8 Å². The second-order valence-corrected chi connectivity index (χ2v) is 4.38. The molecule has 1 aromatic heterocycles. The molecule has 0 radical (unpaired) electrons. The SMILES string of the molecule is Cc1noc(-c2ccccc2OC2CCNC2)n1. The Labute approximate surface area is 105 Å². The normalized spacial score (nSPS) is 19.1. The second-order valence-electron chi connectivity index (χ2n) is 4.38. The van der Waals surface area contributed by atoms with Crippen LogP contribution in [0.25, 0.3) is 11.5 Å². The molecule has 2 heterocycles. The average Bonchev–Trinajstić information content (AvgIpc) is 3.02. The average molecular weight is 245 g/mol. The van der Waals surface area contributed by atoms with Crippen molar-refractivity contribution in [3.8, 4) is 17.2 Å². The first-order valence-electron chi connectivity index (χ1n) is 6.10. The van der Waals surface area contributed by atoms with Crippen molar-refractivity contribution in [2.75, 3.05) is 13.1 Å². The van der Waals surface area contributed by atoms with E-state index in [2.05, 4.69) is 15.5 Å². The van der Waals surface area contributed by atoms with Gasteiger partial charge in [0.05, 0.1) is 5.56 Å². The molecule has 2 aromatic rings. The third kappa shape index (κ3) is 2.22. The predicted octanol–water partition coefficient (Wildman–Crippen LogP) is 1.79. The molecule has 1 aromatic carbocycles. The standard InChI is InChI=1S/C13H15N3O2/c1-9-15-13(18-16-9)11-4-2-3-5-12(11)17-10-6-7-14-8-10/h2-5,10,14H,6-8H2,1H3. The summed E-state index contributed by atoms with van der Waals surface area (Å²) in [7, 11) is 0. The fourth-order valence-electron chi connectivity index (χ4n) is 2.06. The number of aromatic nitrogens is 2. The van der Waals surface area contributed by atoms with E-state index < -0.39 is 0 Å². The zero-order chi connectivity index (χ0) is 12.4. The molecule has 5 nitrogen and oxygen atoms in total. The summed E-state index contributed by atoms with van der Waals surface area (Å²) >= 11 is 0. The van der Waals surface area contributed by atoms with E-state index in [1.807, 2.05) is 24.3 Å². The van der Waals surface area contributed by atoms with Gasteiger partial charge in [0, 0.05) is 6.54 Å². The Morgan fingerprint density at radius 1 is 1.39 bits per heavy atom. The van der Waals surface area contributed by atoms with E-state index in [4.69, 9.17) is 9.26 Å². The van der Waals surface area contributed by atoms with Crippen molar-refractivity contribution in [1.82, 2.24) is 15.5 Å². The monoisotopic (exact) mass is 245 g/mol. The van der Waals surface area contributed by atoms with E-state index in [1.165, 1.54) is 0 Å². The third-order valence-electron chi connectivity index (χ3n) is 2.95. The van der Waals surface area contributed by atoms with Crippen LogP contribution in [0.15, 0.2) is 28.8 Å². The molecule has 94 valence electrons. The maximum absolute atomic E-state index is 5.98. The molecule has 18 heavy (non-hydrogen) atoms. The highest BCUT2D eigenvalue weighted by Gasteiger charge is 2.19. The van der Waals surface area contributed by atoms with Crippen LogP contribution in [0.1, 0.15) is 12.2 Å². The zero-order valence-corrected chi connectivity index (χ0v) is 10.2. The minimum Gasteiger partial charge on any atom is -0.488 e. The summed E-state index contributed by atoms with van der Waals surface area (Å²) in [6, 6.07) is 7.76. The number of rotatable bonds is 3. The highest BCUT2D eigenvalue weighted by atomic mass is 16.5. The van der Waals surface area contributed by atoms with Crippen LogP contribution >= 0.6 is 0 Å². The third-order valence-corrected chi connectivity index (χ3v) is 2.95. The van der Waals surface area contributed by atoms with Crippen molar-refractivity contribution < 1.29 is 9.26 Å². The zero-order valence-electron chi connectivity index (χ0n) is 10.2. The van der Waals surface area contributed by atoms with Crippen LogP contribution in [0.4, 0.5) is 0 Å². The van der Waals surface area contributed by atoms with E-state index >= 15 is 0 Å². The Kier molecular flexibility index (Phi) is 2.98. The van der Waals surface area contributed by atoms with Crippen LogP contribution < -0.4 is 10.1 Å². The molecule has 0 bridgehead atoms. The van der Waals surface area contributed by atoms with Gasteiger partial charge in [0.1, 0.15) is 11.9 Å². The number of hydrogen-bond donors (Lipinski definition) is 1. The second kappa shape index (κ2) is 4.78. The van der Waals surface area contributed by atoms with Gasteiger partial charge in [-0.05, 0) is 32.0 Å². The molecule has 1 fully saturated rings. The number of para-hydroxylation sites is 1. The molecule has 0 amide bonds. The van der Waals surface area contributed by atoms with Gasteiger partial charge in [0.25, 0.3) is 5.89 Å². The van der Waals surface area contributed by atoms with Gasteiger partial charge in [-0.1, -0.05) is 17.3 Å². The van der Waals surface area contributed by atoms with Crippen molar-refractivity contribution in [2.24, 2.45) is 0 Å². The summed E-state index contributed by atoms with van der Waals surface area (Å²) in [5, 5.41) is 7.09. The number of hydrogen-bond acceptors (Lipinski definition) is 5. The first-order valence-corrected chi connectivity index (χ1v) is 6.10. The van der Waals surface area contributed by atoms with Gasteiger partial charge in [-0.25, -0.2) is 0 Å². The molecule has 5 heteroatoms. The van der Waals surface area contributed by atoms with Crippen LogP contribution in [0, 0.1) is 6.92 Å². The number of benzene rings is 1. The van der Waals surface area contributed by atoms with Gasteiger partial charge in [0.15, 0.2) is 5.82 Å². The highest BCUT2D eigenvalue weighted by molar-refractivity contribution is 5.62. The molecular weight excluding hydrogens is 230 g/mol. The number of nitrogens with one attached hydrogen (secondary N) is 1. The van der Waals surface area contributed by atoms with Crippen molar-refractivity contribution in [3.63, 3.8) is 0 Å². The Bertz CT molecular complexity index is 533. The van der Waals surface area contributed by atoms with Gasteiger partial charge in [-0.2, -0.15) is 4.98 Å². The van der Waals surface area contributed by atoms with E-state index in [9.17, 15) is 0 Å². The molecular formula is C13H15N3O2. The first kappa shape index (κ1) is 11.2. The van der Waals surface area contributed by atoms with Crippen molar-refractivity contribution in [2.45, 2.75) is 19.4 Å². The fraction of sp³-hybridized carbons (Fsp3) is 0.385. The summed E-state index contributed by atoms with van der Waals surface area (Å²) in [6.45, 7) is 3.70. The molecule has 1 atom stereocenters. The summed E-state index contributed by atoms with van der Waals surface area (Å²) in [6.07, 6.45) is 1.24. The lowest BCUT2D eigenvalue weighted by Gasteiger charge is -2.14. The Hall–Kier alpha value is -1.88. The van der Waals surface area contributed by atoms with E-state index in [0.29, 0.717) is 11.7 Å². The van der Waals surface area contributed by atoms with Crippen LogP contribution in [0.5, 0.6) is 5.75 Å². The van der Waals surface area contributed by atoms with Crippen LogP contribution in [0.3, 0.4) is 0 Å². The van der Waals surface area contributed by atoms with E-state index in [-0.39, 0.29) is 6.10 Å². The quantitative estimate of drug-likeness (QED) is 0.893. The lowest BCUT2D eigenvalue weighted by atomic mass is 10.2. The lowest BCUT2D eigenvalue weighted by Crippen LogP contribution is -2.19. The summed E-state index contributed by atoms with van der Waals surface area (Å²) < 4.78 is 11.2. The Balaban J connectivity index is 1.89. The minimum atomic E-state index is 0.218. The maximum Gasteiger partial charge on any atom is 0.261 e. The lowest BCUT2D eigenvalue weighted by molar-refractivity contribution is 0.223. The van der Waals surface area contributed by atoms with Gasteiger partial charge < -0.3 is 14.6 Å². The molecule has 0 aliphatic carbocycles. The Morgan fingerprint density at radius 2 is 2.28 bits per heavy atom. The molecule has 3 rings (SSSR count). The number of ether oxygens (including phenoxy) is 1. The number of aryl methyl sites for hydroxylation is 1. The molecule has 1 N–H and O–H groups in total. The van der Waals surface area contributed by atoms with Crippen molar-refractivity contribution in [3.05, 3.63) is 30.1 Å². The van der Waals surface area contributed by atoms with Crippen LogP contribution in [-0.2, 0) is 0 Å². The molecule has 0 saturated carbocycles. The Morgan fingerprint density at radius 3 is 3.00 bits per heavy atom.